The van der Waals surface area contributed by atoms with Gasteiger partial charge in [0.15, 0.2) is 0 Å². The summed E-state index contributed by atoms with van der Waals surface area (Å²) in [4.78, 5) is 20.2. The molecule has 3 aromatic rings. The van der Waals surface area contributed by atoms with Crippen LogP contribution in [-0.2, 0) is 21.4 Å². The second-order valence-corrected chi connectivity index (χ2v) is 10.8. The summed E-state index contributed by atoms with van der Waals surface area (Å²) in [5.74, 6) is 1.34. The third-order valence-electron chi connectivity index (χ3n) is 5.79. The van der Waals surface area contributed by atoms with E-state index in [1.54, 1.807) is 23.1 Å². The number of hydrogen-bond donors (Lipinski definition) is 0. The number of rotatable bonds is 7. The first-order valence-corrected chi connectivity index (χ1v) is 13.3. The molecule has 0 aliphatic carbocycles. The minimum atomic E-state index is -3.64. The molecule has 9 heteroatoms. The number of aromatic nitrogens is 1. The minimum absolute atomic E-state index is 0.0928. The van der Waals surface area contributed by atoms with Crippen LogP contribution < -0.4 is 4.90 Å². The quantitative estimate of drug-likeness (QED) is 0.485. The van der Waals surface area contributed by atoms with E-state index < -0.39 is 10.0 Å². The van der Waals surface area contributed by atoms with E-state index in [-0.39, 0.29) is 23.1 Å². The molecule has 0 bridgehead atoms. The van der Waals surface area contributed by atoms with E-state index in [1.165, 1.54) is 16.1 Å². The summed E-state index contributed by atoms with van der Waals surface area (Å²) in [6.07, 6.45) is 0. The van der Waals surface area contributed by atoms with E-state index in [1.807, 2.05) is 52.0 Å². The highest BCUT2D eigenvalue weighted by Gasteiger charge is 2.30. The number of sulfonamides is 1. The van der Waals surface area contributed by atoms with Gasteiger partial charge in [-0.2, -0.15) is 4.31 Å². The molecule has 1 aliphatic heterocycles. The molecule has 174 valence electrons. The van der Waals surface area contributed by atoms with Crippen molar-refractivity contribution in [3.8, 4) is 11.5 Å². The van der Waals surface area contributed by atoms with Gasteiger partial charge in [-0.3, -0.25) is 4.79 Å². The second kappa shape index (κ2) is 9.32. The summed E-state index contributed by atoms with van der Waals surface area (Å²) in [5, 5.41) is 0. The van der Waals surface area contributed by atoms with Gasteiger partial charge in [0.1, 0.15) is 11.5 Å². The molecule has 0 spiro atoms. The van der Waals surface area contributed by atoms with Crippen molar-refractivity contribution in [2.75, 3.05) is 23.7 Å². The van der Waals surface area contributed by atoms with Crippen molar-refractivity contribution in [2.24, 2.45) is 0 Å². The summed E-state index contributed by atoms with van der Waals surface area (Å²) >= 11 is 1.42. The summed E-state index contributed by atoms with van der Waals surface area (Å²) in [6, 6.07) is 12.8. The zero-order valence-corrected chi connectivity index (χ0v) is 20.8. The van der Waals surface area contributed by atoms with Crippen molar-refractivity contribution in [1.82, 2.24) is 9.29 Å². The van der Waals surface area contributed by atoms with Crippen LogP contribution in [0, 0.1) is 13.8 Å². The highest BCUT2D eigenvalue weighted by molar-refractivity contribution is 8.00. The van der Waals surface area contributed by atoms with Crippen molar-refractivity contribution < 1.29 is 17.6 Å². The molecule has 0 saturated heterocycles. The smallest absolute Gasteiger partial charge is 0.243 e. The molecule has 0 saturated carbocycles. The van der Waals surface area contributed by atoms with Crippen LogP contribution in [-0.4, -0.2) is 42.5 Å². The third-order valence-corrected chi connectivity index (χ3v) is 8.89. The number of thioether (sulfide) groups is 1. The number of carbonyl (C=O) groups excluding carboxylic acids is 1. The normalized spacial score (nSPS) is 14.1. The van der Waals surface area contributed by atoms with Gasteiger partial charge < -0.3 is 9.32 Å². The molecule has 0 atom stereocenters. The van der Waals surface area contributed by atoms with Crippen LogP contribution in [0.4, 0.5) is 5.69 Å². The molecule has 33 heavy (non-hydrogen) atoms. The first-order chi connectivity index (χ1) is 15.8. The molecule has 0 radical (unpaired) electrons. The van der Waals surface area contributed by atoms with Crippen LogP contribution in [0.5, 0.6) is 0 Å². The maximum Gasteiger partial charge on any atom is 0.243 e. The van der Waals surface area contributed by atoms with Crippen LogP contribution in [0.3, 0.4) is 0 Å². The monoisotopic (exact) mass is 485 g/mol. The predicted molar refractivity (Wildman–Crippen MR) is 130 cm³/mol. The zero-order valence-electron chi connectivity index (χ0n) is 19.2. The van der Waals surface area contributed by atoms with E-state index in [4.69, 9.17) is 4.42 Å². The fraction of sp³-hybridized carbons (Fsp3) is 0.333. The largest absolute Gasteiger partial charge is 0.441 e. The highest BCUT2D eigenvalue weighted by atomic mass is 32.2. The molecule has 2 aromatic carbocycles. The molecule has 4 rings (SSSR count). The van der Waals surface area contributed by atoms with Gasteiger partial charge in [-0.1, -0.05) is 32.0 Å². The van der Waals surface area contributed by atoms with Gasteiger partial charge in [0.25, 0.3) is 0 Å². The van der Waals surface area contributed by atoms with E-state index in [2.05, 4.69) is 4.98 Å². The summed E-state index contributed by atoms with van der Waals surface area (Å²) in [6.45, 7) is 8.42. The molecule has 1 aliphatic rings. The van der Waals surface area contributed by atoms with Gasteiger partial charge in [0.2, 0.25) is 21.8 Å². The Hall–Kier alpha value is -2.62. The fourth-order valence-electron chi connectivity index (χ4n) is 3.88. The van der Waals surface area contributed by atoms with Crippen molar-refractivity contribution in [3.63, 3.8) is 0 Å². The Balaban J connectivity index is 1.71. The fourth-order valence-corrected chi connectivity index (χ4v) is 6.28. The van der Waals surface area contributed by atoms with E-state index in [0.29, 0.717) is 36.1 Å². The number of anilines is 1. The maximum absolute atomic E-state index is 13.1. The summed E-state index contributed by atoms with van der Waals surface area (Å²) < 4.78 is 33.5. The first-order valence-electron chi connectivity index (χ1n) is 10.9. The first kappa shape index (κ1) is 23.5. The molecule has 0 fully saturated rings. The van der Waals surface area contributed by atoms with Crippen molar-refractivity contribution in [2.45, 2.75) is 44.0 Å². The van der Waals surface area contributed by atoms with Gasteiger partial charge >= 0.3 is 0 Å². The lowest BCUT2D eigenvalue weighted by atomic mass is 10.1. The summed E-state index contributed by atoms with van der Waals surface area (Å²) in [5.41, 5.74) is 3.19. The minimum Gasteiger partial charge on any atom is -0.441 e. The molecule has 2 heterocycles. The Morgan fingerprint density at radius 1 is 1.12 bits per heavy atom. The maximum atomic E-state index is 13.1. The number of amides is 1. The Labute approximate surface area is 198 Å². The number of hydrogen-bond acceptors (Lipinski definition) is 6. The van der Waals surface area contributed by atoms with E-state index >= 15 is 0 Å². The van der Waals surface area contributed by atoms with Gasteiger partial charge in [-0.15, -0.1) is 11.8 Å². The van der Waals surface area contributed by atoms with E-state index in [9.17, 15) is 13.2 Å². The SMILES string of the molecule is CCN(CC)S(=O)(=O)c1ccc2c(c1)N(Cc1nc(-c3ccccc3C)oc1C)C(=O)CS2. The molecule has 1 amide bonds. The molecule has 0 unspecified atom stereocenters. The van der Waals surface area contributed by atoms with Gasteiger partial charge in [-0.05, 0) is 43.7 Å². The van der Waals surface area contributed by atoms with Gasteiger partial charge in [0, 0.05) is 23.5 Å². The van der Waals surface area contributed by atoms with Gasteiger partial charge in [-0.25, -0.2) is 13.4 Å². The van der Waals surface area contributed by atoms with Crippen molar-refractivity contribution in [1.29, 1.82) is 0 Å². The average Bonchev–Trinajstić information content (AvgIpc) is 3.16. The highest BCUT2D eigenvalue weighted by Crippen LogP contribution is 2.38. The number of aryl methyl sites for hydroxylation is 2. The zero-order chi connectivity index (χ0) is 23.8. The van der Waals surface area contributed by atoms with Crippen LogP contribution >= 0.6 is 11.8 Å². The van der Waals surface area contributed by atoms with Crippen LogP contribution in [0.1, 0.15) is 30.9 Å². The number of carbonyl (C=O) groups is 1. The predicted octanol–water partition coefficient (Wildman–Crippen LogP) is 4.63. The molecule has 1 aromatic heterocycles. The van der Waals surface area contributed by atoms with Crippen molar-refractivity contribution >= 4 is 33.4 Å². The molecular weight excluding hydrogens is 458 g/mol. The Kier molecular flexibility index (Phi) is 6.65. The number of benzene rings is 2. The average molecular weight is 486 g/mol. The lowest BCUT2D eigenvalue weighted by Crippen LogP contribution is -2.36. The number of fused-ring (bicyclic) bond motifs is 1. The molecule has 7 nitrogen and oxygen atoms in total. The molecular formula is C24H27N3O4S2. The van der Waals surface area contributed by atoms with Crippen LogP contribution in [0.2, 0.25) is 0 Å². The standard InChI is InChI=1S/C24H27N3O4S2/c1-5-26(6-2)33(29,30)18-11-12-22-21(13-18)27(23(28)15-32-22)14-20-17(4)31-24(25-20)19-10-8-7-9-16(19)3/h7-13H,5-6,14-15H2,1-4H3. The van der Waals surface area contributed by atoms with Crippen molar-refractivity contribution in [3.05, 3.63) is 59.5 Å². The van der Waals surface area contributed by atoms with Crippen LogP contribution in [0.25, 0.3) is 11.5 Å². The molecule has 0 N–H and O–H groups in total. The Morgan fingerprint density at radius 2 is 1.85 bits per heavy atom. The third kappa shape index (κ3) is 4.45. The topological polar surface area (TPSA) is 83.7 Å². The lowest BCUT2D eigenvalue weighted by Gasteiger charge is -2.29. The number of nitrogens with zero attached hydrogens (tertiary/aromatic N) is 3. The van der Waals surface area contributed by atoms with Gasteiger partial charge in [0.05, 0.1) is 22.9 Å². The van der Waals surface area contributed by atoms with Crippen LogP contribution in [0.15, 0.2) is 56.7 Å². The summed E-state index contributed by atoms with van der Waals surface area (Å²) in [7, 11) is -3.64. The van der Waals surface area contributed by atoms with E-state index in [0.717, 1.165) is 16.0 Å². The second-order valence-electron chi connectivity index (χ2n) is 7.82. The number of oxazole rings is 1. The Bertz CT molecular complexity index is 1300. The Morgan fingerprint density at radius 3 is 2.55 bits per heavy atom. The lowest BCUT2D eigenvalue weighted by molar-refractivity contribution is -0.116.